The Morgan fingerprint density at radius 2 is 1.51 bits per heavy atom. The molecule has 0 aliphatic rings. The van der Waals surface area contributed by atoms with Gasteiger partial charge in [0, 0.05) is 35.1 Å². The maximum Gasteiger partial charge on any atom is 0.416 e. The standard InChI is InChI=1S/C27H19BrF6N4O2S/c28-21-8-4-7-17(13-21)23-36-37-25(41-23)35-22(39)9-10-38(15-16-5-2-1-3-6-16)24(40)18-11-19(26(29,30)31)14-20(12-18)27(32,33)34/h1-8,11-14H,9-10,15H2,(H,35,37,39). The van der Waals surface area contributed by atoms with Crippen molar-refractivity contribution in [1.82, 2.24) is 15.1 Å². The zero-order valence-corrected chi connectivity index (χ0v) is 23.2. The average Bonchev–Trinajstić information content (AvgIpc) is 3.38. The molecule has 1 heterocycles. The summed E-state index contributed by atoms with van der Waals surface area (Å²) < 4.78 is 81.1. The zero-order valence-electron chi connectivity index (χ0n) is 20.8. The molecule has 0 radical (unpaired) electrons. The first-order valence-electron chi connectivity index (χ1n) is 11.8. The summed E-state index contributed by atoms with van der Waals surface area (Å²) in [6.07, 6.45) is -10.5. The van der Waals surface area contributed by atoms with Crippen LogP contribution in [0.2, 0.25) is 0 Å². The SMILES string of the molecule is O=C(CCN(Cc1ccccc1)C(=O)c1cc(C(F)(F)F)cc(C(F)(F)F)c1)Nc1nnc(-c2cccc(Br)c2)s1. The number of hydrogen-bond acceptors (Lipinski definition) is 5. The van der Waals surface area contributed by atoms with Crippen LogP contribution in [-0.4, -0.2) is 33.5 Å². The third-order valence-electron chi connectivity index (χ3n) is 5.69. The van der Waals surface area contributed by atoms with Crippen molar-refractivity contribution in [1.29, 1.82) is 0 Å². The molecule has 6 nitrogen and oxygen atoms in total. The van der Waals surface area contributed by atoms with E-state index in [4.69, 9.17) is 0 Å². The van der Waals surface area contributed by atoms with E-state index in [9.17, 15) is 35.9 Å². The number of rotatable bonds is 8. The van der Waals surface area contributed by atoms with E-state index in [-0.39, 0.29) is 30.7 Å². The maximum atomic E-state index is 13.4. The van der Waals surface area contributed by atoms with Gasteiger partial charge in [0.25, 0.3) is 5.91 Å². The van der Waals surface area contributed by atoms with Crippen LogP contribution in [0.1, 0.15) is 33.5 Å². The second-order valence-corrected chi connectivity index (χ2v) is 10.6. The van der Waals surface area contributed by atoms with Gasteiger partial charge in [-0.2, -0.15) is 26.3 Å². The van der Waals surface area contributed by atoms with E-state index in [0.29, 0.717) is 22.7 Å². The summed E-state index contributed by atoms with van der Waals surface area (Å²) in [4.78, 5) is 27.0. The quantitative estimate of drug-likeness (QED) is 0.198. The summed E-state index contributed by atoms with van der Waals surface area (Å²) in [7, 11) is 0. The van der Waals surface area contributed by atoms with Crippen molar-refractivity contribution in [3.05, 3.63) is 99.5 Å². The van der Waals surface area contributed by atoms with Crippen molar-refractivity contribution in [2.24, 2.45) is 0 Å². The molecule has 41 heavy (non-hydrogen) atoms. The van der Waals surface area contributed by atoms with Crippen LogP contribution in [0.5, 0.6) is 0 Å². The van der Waals surface area contributed by atoms with Crippen LogP contribution in [0.15, 0.2) is 77.3 Å². The molecule has 0 spiro atoms. The molecule has 0 aliphatic carbocycles. The van der Waals surface area contributed by atoms with Crippen molar-refractivity contribution >= 4 is 44.2 Å². The normalized spacial score (nSPS) is 11.8. The first-order valence-corrected chi connectivity index (χ1v) is 13.4. The summed E-state index contributed by atoms with van der Waals surface area (Å²) in [5.41, 5.74) is -2.69. The third-order valence-corrected chi connectivity index (χ3v) is 7.07. The molecule has 0 fully saturated rings. The van der Waals surface area contributed by atoms with Gasteiger partial charge in [-0.1, -0.05) is 69.7 Å². The third kappa shape index (κ3) is 8.13. The molecular weight excluding hydrogens is 638 g/mol. The van der Waals surface area contributed by atoms with Crippen LogP contribution in [-0.2, 0) is 23.7 Å². The number of halogens is 7. The van der Waals surface area contributed by atoms with Crippen LogP contribution in [0.3, 0.4) is 0 Å². The molecule has 1 N–H and O–H groups in total. The van der Waals surface area contributed by atoms with Gasteiger partial charge in [-0.25, -0.2) is 0 Å². The second-order valence-electron chi connectivity index (χ2n) is 8.73. The smallest absolute Gasteiger partial charge is 0.334 e. The Hall–Kier alpha value is -3.78. The molecule has 4 aromatic rings. The summed E-state index contributed by atoms with van der Waals surface area (Å²) in [6, 6.07) is 16.3. The fraction of sp³-hybridized carbons (Fsp3) is 0.185. The first kappa shape index (κ1) is 30.2. The predicted octanol–water partition coefficient (Wildman–Crippen LogP) is 7.68. The highest BCUT2D eigenvalue weighted by molar-refractivity contribution is 9.10. The van der Waals surface area contributed by atoms with Crippen LogP contribution in [0.4, 0.5) is 31.5 Å². The number of anilines is 1. The molecule has 0 unspecified atom stereocenters. The minimum atomic E-state index is -5.11. The van der Waals surface area contributed by atoms with Crippen molar-refractivity contribution < 1.29 is 35.9 Å². The molecule has 0 bridgehead atoms. The highest BCUT2D eigenvalue weighted by Gasteiger charge is 2.38. The molecule has 1 aromatic heterocycles. The molecule has 0 atom stereocenters. The zero-order chi connectivity index (χ0) is 29.8. The molecule has 14 heteroatoms. The van der Waals surface area contributed by atoms with E-state index < -0.39 is 40.9 Å². The maximum absolute atomic E-state index is 13.4. The van der Waals surface area contributed by atoms with Crippen molar-refractivity contribution in [2.45, 2.75) is 25.3 Å². The number of aromatic nitrogens is 2. The van der Waals surface area contributed by atoms with Crippen molar-refractivity contribution in [2.75, 3.05) is 11.9 Å². The number of carbonyl (C=O) groups is 2. The number of hydrogen-bond donors (Lipinski definition) is 1. The molecule has 4 rings (SSSR count). The minimum Gasteiger partial charge on any atom is -0.334 e. The summed E-state index contributed by atoms with van der Waals surface area (Å²) >= 11 is 4.47. The Labute approximate surface area is 242 Å². The highest BCUT2D eigenvalue weighted by atomic mass is 79.9. The Bertz CT molecular complexity index is 1510. The molecule has 3 aromatic carbocycles. The molecular formula is C27H19BrF6N4O2S. The fourth-order valence-corrected chi connectivity index (χ4v) is 4.90. The van der Waals surface area contributed by atoms with E-state index in [2.05, 4.69) is 31.4 Å². The van der Waals surface area contributed by atoms with Gasteiger partial charge >= 0.3 is 12.4 Å². The van der Waals surface area contributed by atoms with E-state index >= 15 is 0 Å². The van der Waals surface area contributed by atoms with Gasteiger partial charge in [-0.05, 0) is 35.9 Å². The number of alkyl halides is 6. The Kier molecular flexibility index (Phi) is 9.12. The van der Waals surface area contributed by atoms with Crippen LogP contribution in [0.25, 0.3) is 10.6 Å². The van der Waals surface area contributed by atoms with Gasteiger partial charge < -0.3 is 10.2 Å². The molecule has 214 valence electrons. The van der Waals surface area contributed by atoms with Gasteiger partial charge in [0.1, 0.15) is 5.01 Å². The lowest BCUT2D eigenvalue weighted by atomic mass is 10.0. The Balaban J connectivity index is 1.54. The summed E-state index contributed by atoms with van der Waals surface area (Å²) in [6.45, 7) is -0.454. The van der Waals surface area contributed by atoms with Crippen molar-refractivity contribution in [3.63, 3.8) is 0 Å². The van der Waals surface area contributed by atoms with Crippen LogP contribution >= 0.6 is 27.3 Å². The van der Waals surface area contributed by atoms with Crippen LogP contribution < -0.4 is 5.32 Å². The lowest BCUT2D eigenvalue weighted by molar-refractivity contribution is -0.143. The molecule has 0 saturated heterocycles. The Morgan fingerprint density at radius 1 is 0.854 bits per heavy atom. The fourth-order valence-electron chi connectivity index (χ4n) is 3.75. The van der Waals surface area contributed by atoms with Gasteiger partial charge in [-0.3, -0.25) is 9.59 Å². The highest BCUT2D eigenvalue weighted by Crippen LogP contribution is 2.36. The lowest BCUT2D eigenvalue weighted by Crippen LogP contribution is -2.34. The van der Waals surface area contributed by atoms with Gasteiger partial charge in [-0.15, -0.1) is 10.2 Å². The number of nitrogens with zero attached hydrogens (tertiary/aromatic N) is 3. The molecule has 0 saturated carbocycles. The minimum absolute atomic E-state index is 0.0454. The first-order chi connectivity index (χ1) is 19.3. The van der Waals surface area contributed by atoms with Gasteiger partial charge in [0.2, 0.25) is 11.0 Å². The number of nitrogens with one attached hydrogen (secondary N) is 1. The Morgan fingerprint density at radius 3 is 2.12 bits per heavy atom. The molecule has 2 amide bonds. The lowest BCUT2D eigenvalue weighted by Gasteiger charge is -2.24. The second kappa shape index (κ2) is 12.4. The predicted molar refractivity (Wildman–Crippen MR) is 144 cm³/mol. The van der Waals surface area contributed by atoms with E-state index in [1.165, 1.54) is 0 Å². The van der Waals surface area contributed by atoms with E-state index in [1.54, 1.807) is 36.4 Å². The van der Waals surface area contributed by atoms with Gasteiger partial charge in [0.05, 0.1) is 11.1 Å². The monoisotopic (exact) mass is 656 g/mol. The summed E-state index contributed by atoms with van der Waals surface area (Å²) in [5.74, 6) is -1.67. The topological polar surface area (TPSA) is 75.2 Å². The van der Waals surface area contributed by atoms with Gasteiger partial charge in [0.15, 0.2) is 0 Å². The number of benzene rings is 3. The largest absolute Gasteiger partial charge is 0.416 e. The van der Waals surface area contributed by atoms with Crippen LogP contribution in [0, 0.1) is 0 Å². The summed E-state index contributed by atoms with van der Waals surface area (Å²) in [5, 5.41) is 11.2. The molecule has 0 aliphatic heterocycles. The number of carbonyl (C=O) groups excluding carboxylic acids is 2. The average molecular weight is 657 g/mol. The van der Waals surface area contributed by atoms with E-state index in [0.717, 1.165) is 26.3 Å². The number of amides is 2. The van der Waals surface area contributed by atoms with Crippen molar-refractivity contribution in [3.8, 4) is 10.6 Å². The van der Waals surface area contributed by atoms with E-state index in [1.807, 2.05) is 18.2 Å².